The van der Waals surface area contributed by atoms with Crippen LogP contribution in [0.3, 0.4) is 0 Å². The van der Waals surface area contributed by atoms with Crippen molar-refractivity contribution in [2.75, 3.05) is 5.73 Å². The van der Waals surface area contributed by atoms with E-state index in [1.165, 1.54) is 12.3 Å². The molecule has 80 valence electrons. The topological polar surface area (TPSA) is 85.4 Å². The number of anilines is 1. The molecule has 2 heterocycles. The van der Waals surface area contributed by atoms with Gasteiger partial charge in [0.1, 0.15) is 0 Å². The molecule has 1 aromatic heterocycles. The first-order valence-corrected chi connectivity index (χ1v) is 6.01. The Morgan fingerprint density at radius 3 is 2.81 bits per heavy atom. The summed E-state index contributed by atoms with van der Waals surface area (Å²) in [5.74, 6) is 0. The molecular formula is C10H7N3O2S. The lowest BCUT2D eigenvalue weighted by Gasteiger charge is -2.04. The zero-order valence-corrected chi connectivity index (χ0v) is 8.90. The molecule has 6 heteroatoms. The van der Waals surface area contributed by atoms with Gasteiger partial charge in [-0.05, 0) is 18.2 Å². The number of nitrogen functional groups attached to an aromatic ring is 1. The fourth-order valence-corrected chi connectivity index (χ4v) is 2.84. The number of nitrogens with two attached hydrogens (primary N) is 1. The minimum absolute atomic E-state index is 0.194. The second-order valence-corrected chi connectivity index (χ2v) is 5.08. The summed E-state index contributed by atoms with van der Waals surface area (Å²) < 4.78 is 26.6. The highest BCUT2D eigenvalue weighted by Gasteiger charge is 2.24. The molecule has 1 aliphatic heterocycles. The van der Waals surface area contributed by atoms with Crippen LogP contribution in [-0.4, -0.2) is 19.6 Å². The molecule has 1 aromatic carbocycles. The van der Waals surface area contributed by atoms with Gasteiger partial charge in [0.05, 0.1) is 10.4 Å². The average Bonchev–Trinajstić information content (AvgIpc) is 2.55. The predicted molar refractivity (Wildman–Crippen MR) is 60.9 cm³/mol. The molecule has 0 radical (unpaired) electrons. The summed E-state index contributed by atoms with van der Waals surface area (Å²) in [6.07, 6.45) is 2.91. The molecule has 0 unspecified atom stereocenters. The third-order valence-electron chi connectivity index (χ3n) is 2.54. The summed E-state index contributed by atoms with van der Waals surface area (Å²) in [7, 11) is -3.53. The van der Waals surface area contributed by atoms with Crippen LogP contribution in [0.5, 0.6) is 0 Å². The smallest absolute Gasteiger partial charge is 0.282 e. The van der Waals surface area contributed by atoms with Crippen LogP contribution in [0.1, 0.15) is 5.56 Å². The number of hydrogen-bond donors (Lipinski definition) is 1. The van der Waals surface area contributed by atoms with Crippen molar-refractivity contribution in [2.45, 2.75) is 4.90 Å². The highest BCUT2D eigenvalue weighted by molar-refractivity contribution is 7.90. The van der Waals surface area contributed by atoms with E-state index in [0.29, 0.717) is 22.2 Å². The van der Waals surface area contributed by atoms with Crippen molar-refractivity contribution < 1.29 is 8.42 Å². The van der Waals surface area contributed by atoms with E-state index in [-0.39, 0.29) is 4.90 Å². The fourth-order valence-electron chi connectivity index (χ4n) is 1.81. The number of aromatic nitrogens is 1. The van der Waals surface area contributed by atoms with Gasteiger partial charge in [0, 0.05) is 29.0 Å². The van der Waals surface area contributed by atoms with E-state index in [0.717, 1.165) is 0 Å². The number of hydrogen-bond acceptors (Lipinski definition) is 4. The van der Waals surface area contributed by atoms with Crippen molar-refractivity contribution in [3.63, 3.8) is 0 Å². The summed E-state index contributed by atoms with van der Waals surface area (Å²) in [6.45, 7) is 0. The standard InChI is InChI=1S/C10H7N3O2S/c11-7-3-4-12-8-1-2-9-6(10(7)8)5-13-16(9,14)15/h1-5H,(H2,11,12). The SMILES string of the molecule is Nc1ccnc2ccc3c(c12)C=NS3(=O)=O. The number of rotatable bonds is 0. The number of nitrogens with zero attached hydrogens (tertiary/aromatic N) is 2. The van der Waals surface area contributed by atoms with Gasteiger partial charge in [0.2, 0.25) is 0 Å². The molecule has 5 nitrogen and oxygen atoms in total. The number of pyridine rings is 1. The van der Waals surface area contributed by atoms with Gasteiger partial charge in [0.15, 0.2) is 0 Å². The van der Waals surface area contributed by atoms with Crippen molar-refractivity contribution >= 4 is 32.8 Å². The first-order chi connectivity index (χ1) is 7.59. The van der Waals surface area contributed by atoms with Gasteiger partial charge >= 0.3 is 0 Å². The third-order valence-corrected chi connectivity index (χ3v) is 3.83. The van der Waals surface area contributed by atoms with E-state index in [1.807, 2.05) is 0 Å². The largest absolute Gasteiger partial charge is 0.398 e. The van der Waals surface area contributed by atoms with Crippen LogP contribution in [-0.2, 0) is 10.0 Å². The molecule has 3 rings (SSSR count). The summed E-state index contributed by atoms with van der Waals surface area (Å²) in [6, 6.07) is 4.78. The maximum Gasteiger partial charge on any atom is 0.282 e. The van der Waals surface area contributed by atoms with Gasteiger partial charge in [-0.1, -0.05) is 0 Å². The van der Waals surface area contributed by atoms with E-state index in [2.05, 4.69) is 9.38 Å². The van der Waals surface area contributed by atoms with E-state index in [4.69, 9.17) is 5.73 Å². The van der Waals surface area contributed by atoms with Crippen molar-refractivity contribution in [2.24, 2.45) is 4.40 Å². The molecular weight excluding hydrogens is 226 g/mol. The quantitative estimate of drug-likeness (QED) is 0.733. The Balaban J connectivity index is 2.57. The van der Waals surface area contributed by atoms with Crippen molar-refractivity contribution in [1.29, 1.82) is 0 Å². The molecule has 0 atom stereocenters. The summed E-state index contributed by atoms with van der Waals surface area (Å²) >= 11 is 0. The summed E-state index contributed by atoms with van der Waals surface area (Å²) in [5.41, 5.74) is 7.53. The van der Waals surface area contributed by atoms with E-state index < -0.39 is 10.0 Å². The normalized spacial score (nSPS) is 16.5. The zero-order chi connectivity index (χ0) is 11.3. The molecule has 0 amide bonds. The Kier molecular flexibility index (Phi) is 1.62. The van der Waals surface area contributed by atoms with Crippen molar-refractivity contribution in [1.82, 2.24) is 4.98 Å². The molecule has 1 aliphatic rings. The number of sulfonamides is 1. The molecule has 0 spiro atoms. The van der Waals surface area contributed by atoms with E-state index in [1.54, 1.807) is 18.3 Å². The highest BCUT2D eigenvalue weighted by Crippen LogP contribution is 2.31. The van der Waals surface area contributed by atoms with Gasteiger partial charge in [0.25, 0.3) is 10.0 Å². The Hall–Kier alpha value is -1.95. The highest BCUT2D eigenvalue weighted by atomic mass is 32.2. The van der Waals surface area contributed by atoms with Crippen LogP contribution in [0.4, 0.5) is 5.69 Å². The molecule has 16 heavy (non-hydrogen) atoms. The zero-order valence-electron chi connectivity index (χ0n) is 8.08. The van der Waals surface area contributed by atoms with Crippen LogP contribution in [0.15, 0.2) is 33.7 Å². The molecule has 0 saturated carbocycles. The van der Waals surface area contributed by atoms with Gasteiger partial charge in [-0.2, -0.15) is 12.8 Å². The second-order valence-electron chi connectivity index (χ2n) is 3.48. The Morgan fingerprint density at radius 2 is 2.00 bits per heavy atom. The lowest BCUT2D eigenvalue weighted by molar-refractivity contribution is 0.599. The minimum Gasteiger partial charge on any atom is -0.398 e. The molecule has 0 saturated heterocycles. The van der Waals surface area contributed by atoms with Gasteiger partial charge in [-0.3, -0.25) is 4.98 Å². The lowest BCUT2D eigenvalue weighted by atomic mass is 10.1. The first kappa shape index (κ1) is 9.29. The van der Waals surface area contributed by atoms with Crippen LogP contribution in [0, 0.1) is 0 Å². The second kappa shape index (κ2) is 2.79. The van der Waals surface area contributed by atoms with E-state index in [9.17, 15) is 8.42 Å². The Bertz CT molecular complexity index is 735. The fraction of sp³-hybridized carbons (Fsp3) is 0. The molecule has 2 aromatic rings. The maximum absolute atomic E-state index is 11.5. The summed E-state index contributed by atoms with van der Waals surface area (Å²) in [4.78, 5) is 4.32. The Morgan fingerprint density at radius 1 is 1.19 bits per heavy atom. The lowest BCUT2D eigenvalue weighted by Crippen LogP contribution is -1.97. The maximum atomic E-state index is 11.5. The van der Waals surface area contributed by atoms with Crippen LogP contribution >= 0.6 is 0 Å². The van der Waals surface area contributed by atoms with Crippen molar-refractivity contribution in [3.05, 3.63) is 30.0 Å². The van der Waals surface area contributed by atoms with Gasteiger partial charge < -0.3 is 5.73 Å². The molecule has 0 fully saturated rings. The van der Waals surface area contributed by atoms with Crippen molar-refractivity contribution in [3.8, 4) is 0 Å². The van der Waals surface area contributed by atoms with Crippen LogP contribution in [0.25, 0.3) is 10.9 Å². The monoisotopic (exact) mass is 233 g/mol. The average molecular weight is 233 g/mol. The Labute approximate surface area is 91.7 Å². The van der Waals surface area contributed by atoms with Gasteiger partial charge in [-0.25, -0.2) is 0 Å². The predicted octanol–water partition coefficient (Wildman–Crippen LogP) is 0.938. The third kappa shape index (κ3) is 1.07. The molecule has 2 N–H and O–H groups in total. The number of fused-ring (bicyclic) bond motifs is 3. The van der Waals surface area contributed by atoms with Crippen LogP contribution < -0.4 is 5.73 Å². The summed E-state index contributed by atoms with van der Waals surface area (Å²) in [5, 5.41) is 0.643. The van der Waals surface area contributed by atoms with Gasteiger partial charge in [-0.15, -0.1) is 0 Å². The van der Waals surface area contributed by atoms with E-state index >= 15 is 0 Å². The molecule has 0 aliphatic carbocycles. The van der Waals surface area contributed by atoms with Crippen LogP contribution in [0.2, 0.25) is 0 Å². The number of benzene rings is 1. The minimum atomic E-state index is -3.53. The molecule has 0 bridgehead atoms. The first-order valence-electron chi connectivity index (χ1n) is 4.57.